The van der Waals surface area contributed by atoms with E-state index in [0.717, 1.165) is 16.8 Å². The largest absolute Gasteiger partial charge is 0.291 e. The average molecular weight is 364 g/mol. The van der Waals surface area contributed by atoms with Crippen LogP contribution in [0.25, 0.3) is 17.0 Å². The van der Waals surface area contributed by atoms with Gasteiger partial charge in [0.2, 0.25) is 5.78 Å². The zero-order chi connectivity index (χ0) is 18.1. The number of benzene rings is 2. The minimum atomic E-state index is -3.61. The molecule has 0 atom stereocenters. The third kappa shape index (κ3) is 3.16. The summed E-state index contributed by atoms with van der Waals surface area (Å²) in [4.78, 5) is 8.90. The van der Waals surface area contributed by atoms with Crippen LogP contribution in [0, 0.1) is 6.92 Å². The zero-order valence-corrected chi connectivity index (χ0v) is 14.8. The summed E-state index contributed by atoms with van der Waals surface area (Å²) in [6.07, 6.45) is 5.45. The van der Waals surface area contributed by atoms with Gasteiger partial charge in [-0.1, -0.05) is 24.3 Å². The second-order valence-electron chi connectivity index (χ2n) is 5.95. The van der Waals surface area contributed by atoms with Crippen LogP contribution in [0.4, 0.5) is 5.69 Å². The minimum Gasteiger partial charge on any atom is -0.291 e. The molecule has 1 N–H and O–H groups in total. The van der Waals surface area contributed by atoms with Crippen LogP contribution in [0.1, 0.15) is 5.56 Å². The van der Waals surface area contributed by atoms with Crippen molar-refractivity contribution >= 4 is 21.5 Å². The summed E-state index contributed by atoms with van der Waals surface area (Å²) >= 11 is 0. The fourth-order valence-electron chi connectivity index (χ4n) is 2.67. The Morgan fingerprint density at radius 1 is 1.04 bits per heavy atom. The van der Waals surface area contributed by atoms with Gasteiger partial charge in [0.15, 0.2) is 0 Å². The van der Waals surface area contributed by atoms with E-state index in [1.807, 2.05) is 48.0 Å². The summed E-state index contributed by atoms with van der Waals surface area (Å²) in [5, 5.41) is 0. The first kappa shape index (κ1) is 16.3. The van der Waals surface area contributed by atoms with Crippen molar-refractivity contribution in [3.63, 3.8) is 0 Å². The van der Waals surface area contributed by atoms with Crippen LogP contribution in [-0.4, -0.2) is 22.8 Å². The summed E-state index contributed by atoms with van der Waals surface area (Å²) in [5.41, 5.74) is 3.05. The maximum atomic E-state index is 12.5. The Labute approximate surface area is 151 Å². The van der Waals surface area contributed by atoms with Gasteiger partial charge in [0.05, 0.1) is 10.6 Å². The van der Waals surface area contributed by atoms with Crippen molar-refractivity contribution in [2.45, 2.75) is 11.8 Å². The fourth-order valence-corrected chi connectivity index (χ4v) is 3.84. The van der Waals surface area contributed by atoms with E-state index < -0.39 is 10.0 Å². The normalized spacial score (nSPS) is 11.6. The van der Waals surface area contributed by atoms with Crippen molar-refractivity contribution in [3.8, 4) is 11.3 Å². The highest BCUT2D eigenvalue weighted by molar-refractivity contribution is 7.92. The van der Waals surface area contributed by atoms with Gasteiger partial charge in [-0.2, -0.15) is 0 Å². The van der Waals surface area contributed by atoms with Crippen LogP contribution in [0.3, 0.4) is 0 Å². The Bertz CT molecular complexity index is 1150. The van der Waals surface area contributed by atoms with Gasteiger partial charge < -0.3 is 0 Å². The molecule has 26 heavy (non-hydrogen) atoms. The second-order valence-corrected chi connectivity index (χ2v) is 7.63. The molecule has 0 saturated heterocycles. The van der Waals surface area contributed by atoms with E-state index in [9.17, 15) is 8.42 Å². The molecule has 0 saturated carbocycles. The van der Waals surface area contributed by atoms with Gasteiger partial charge in [0.1, 0.15) is 0 Å². The molecule has 2 aromatic carbocycles. The summed E-state index contributed by atoms with van der Waals surface area (Å²) in [6, 6.07) is 15.7. The van der Waals surface area contributed by atoms with Crippen LogP contribution in [-0.2, 0) is 10.0 Å². The van der Waals surface area contributed by atoms with Gasteiger partial charge in [-0.15, -0.1) is 0 Å². The van der Waals surface area contributed by atoms with E-state index in [1.54, 1.807) is 36.5 Å². The Morgan fingerprint density at radius 3 is 2.58 bits per heavy atom. The summed E-state index contributed by atoms with van der Waals surface area (Å²) in [5.74, 6) is 0.617. The third-order valence-corrected chi connectivity index (χ3v) is 5.35. The Morgan fingerprint density at radius 2 is 1.85 bits per heavy atom. The molecule has 0 fully saturated rings. The first-order chi connectivity index (χ1) is 12.5. The van der Waals surface area contributed by atoms with Crippen LogP contribution in [0.15, 0.2) is 78.1 Å². The van der Waals surface area contributed by atoms with Crippen LogP contribution in [0.5, 0.6) is 0 Å². The van der Waals surface area contributed by atoms with E-state index in [-0.39, 0.29) is 4.90 Å². The van der Waals surface area contributed by atoms with Gasteiger partial charge in [-0.25, -0.2) is 18.4 Å². The number of hydrogen-bond acceptors (Lipinski definition) is 4. The molecule has 0 spiro atoms. The highest BCUT2D eigenvalue weighted by atomic mass is 32.2. The van der Waals surface area contributed by atoms with E-state index in [0.29, 0.717) is 11.5 Å². The number of aryl methyl sites for hydroxylation is 1. The van der Waals surface area contributed by atoms with Crippen molar-refractivity contribution < 1.29 is 8.42 Å². The average Bonchev–Trinajstić information content (AvgIpc) is 3.06. The Kier molecular flexibility index (Phi) is 3.93. The standard InChI is InChI=1S/C19H16N4O2S/c1-14-4-2-5-17(12-14)26(24,25)22-16-8-6-15(7-9-16)18-13-23-11-3-10-20-19(23)21-18/h2-13,22H,1H3. The molecule has 7 heteroatoms. The lowest BCUT2D eigenvalue weighted by molar-refractivity contribution is 0.601. The number of aromatic nitrogens is 3. The van der Waals surface area contributed by atoms with Crippen molar-refractivity contribution in [3.05, 3.63) is 78.8 Å². The molecule has 4 aromatic rings. The van der Waals surface area contributed by atoms with Gasteiger partial charge >= 0.3 is 0 Å². The quantitative estimate of drug-likeness (QED) is 0.601. The number of nitrogens with one attached hydrogen (secondary N) is 1. The van der Waals surface area contributed by atoms with Crippen LogP contribution >= 0.6 is 0 Å². The highest BCUT2D eigenvalue weighted by Gasteiger charge is 2.14. The predicted octanol–water partition coefficient (Wildman–Crippen LogP) is 3.51. The zero-order valence-electron chi connectivity index (χ0n) is 14.0. The monoisotopic (exact) mass is 364 g/mol. The highest BCUT2D eigenvalue weighted by Crippen LogP contribution is 2.22. The smallest absolute Gasteiger partial charge is 0.261 e. The van der Waals surface area contributed by atoms with Crippen LogP contribution in [0.2, 0.25) is 0 Å². The van der Waals surface area contributed by atoms with Crippen molar-refractivity contribution in [1.29, 1.82) is 0 Å². The number of hydrogen-bond donors (Lipinski definition) is 1. The molecule has 0 radical (unpaired) electrons. The number of anilines is 1. The molecule has 2 heterocycles. The Hall–Kier alpha value is -3.19. The number of rotatable bonds is 4. The lowest BCUT2D eigenvalue weighted by Crippen LogP contribution is -2.12. The topological polar surface area (TPSA) is 76.4 Å². The van der Waals surface area contributed by atoms with E-state index in [2.05, 4.69) is 14.7 Å². The third-order valence-electron chi connectivity index (χ3n) is 3.97. The van der Waals surface area contributed by atoms with Gasteiger partial charge in [-0.3, -0.25) is 9.12 Å². The summed E-state index contributed by atoms with van der Waals surface area (Å²) < 4.78 is 29.4. The first-order valence-corrected chi connectivity index (χ1v) is 9.49. The molecular formula is C19H16N4O2S. The number of nitrogens with zero attached hydrogens (tertiary/aromatic N) is 3. The van der Waals surface area contributed by atoms with Crippen LogP contribution < -0.4 is 4.72 Å². The predicted molar refractivity (Wildman–Crippen MR) is 100 cm³/mol. The van der Waals surface area contributed by atoms with Gasteiger partial charge in [0.25, 0.3) is 10.0 Å². The molecule has 0 bridgehead atoms. The number of fused-ring (bicyclic) bond motifs is 1. The fraction of sp³-hybridized carbons (Fsp3) is 0.0526. The van der Waals surface area contributed by atoms with Gasteiger partial charge in [-0.05, 0) is 42.8 Å². The van der Waals surface area contributed by atoms with Crippen molar-refractivity contribution in [2.24, 2.45) is 0 Å². The lowest BCUT2D eigenvalue weighted by Gasteiger charge is -2.09. The molecule has 2 aromatic heterocycles. The lowest BCUT2D eigenvalue weighted by atomic mass is 10.1. The van der Waals surface area contributed by atoms with Crippen molar-refractivity contribution in [2.75, 3.05) is 4.72 Å². The SMILES string of the molecule is Cc1cccc(S(=O)(=O)Nc2ccc(-c3cn4cccnc4n3)cc2)c1. The molecule has 0 amide bonds. The molecule has 6 nitrogen and oxygen atoms in total. The van der Waals surface area contributed by atoms with Gasteiger partial charge in [0, 0.05) is 29.8 Å². The molecule has 0 aliphatic carbocycles. The van der Waals surface area contributed by atoms with E-state index >= 15 is 0 Å². The number of sulfonamides is 1. The minimum absolute atomic E-state index is 0.244. The maximum Gasteiger partial charge on any atom is 0.261 e. The molecule has 0 aliphatic rings. The Balaban J connectivity index is 1.59. The van der Waals surface area contributed by atoms with E-state index in [1.165, 1.54) is 0 Å². The maximum absolute atomic E-state index is 12.5. The number of imidazole rings is 1. The van der Waals surface area contributed by atoms with Crippen molar-refractivity contribution in [1.82, 2.24) is 14.4 Å². The second kappa shape index (κ2) is 6.27. The summed E-state index contributed by atoms with van der Waals surface area (Å²) in [7, 11) is -3.61. The first-order valence-electron chi connectivity index (χ1n) is 8.01. The molecule has 0 aliphatic heterocycles. The molecule has 130 valence electrons. The molecule has 4 rings (SSSR count). The van der Waals surface area contributed by atoms with E-state index in [4.69, 9.17) is 0 Å². The molecular weight excluding hydrogens is 348 g/mol. The summed E-state index contributed by atoms with van der Waals surface area (Å²) in [6.45, 7) is 1.86. The molecule has 0 unspecified atom stereocenters.